The number of β-amino-alcohol motifs (C(OH)–C–C–N with tert-alkyl or cyclic N) is 1. The van der Waals surface area contributed by atoms with Crippen LogP contribution >= 0.6 is 0 Å². The van der Waals surface area contributed by atoms with Gasteiger partial charge in [-0.3, -0.25) is 9.69 Å². The Morgan fingerprint density at radius 3 is 2.54 bits per heavy atom. The predicted octanol–water partition coefficient (Wildman–Crippen LogP) is 2.47. The molecule has 0 bridgehead atoms. The van der Waals surface area contributed by atoms with Crippen molar-refractivity contribution in [3.8, 4) is 0 Å². The first-order valence-electron chi connectivity index (χ1n) is 8.28. The van der Waals surface area contributed by atoms with Crippen molar-refractivity contribution < 1.29 is 19.4 Å². The molecular formula is C18H26N2O4. The molecule has 0 unspecified atom stereocenters. The van der Waals surface area contributed by atoms with Crippen LogP contribution in [0.2, 0.25) is 0 Å². The van der Waals surface area contributed by atoms with E-state index in [4.69, 9.17) is 4.74 Å². The van der Waals surface area contributed by atoms with Crippen molar-refractivity contribution in [3.63, 3.8) is 0 Å². The summed E-state index contributed by atoms with van der Waals surface area (Å²) in [6.45, 7) is 8.12. The predicted molar refractivity (Wildman–Crippen MR) is 91.8 cm³/mol. The van der Waals surface area contributed by atoms with Gasteiger partial charge < -0.3 is 15.2 Å². The highest BCUT2D eigenvalue weighted by molar-refractivity contribution is 5.98. The lowest BCUT2D eigenvalue weighted by Gasteiger charge is -2.24. The Hall–Kier alpha value is -2.08. The second-order valence-electron chi connectivity index (χ2n) is 6.78. The molecule has 1 aliphatic rings. The van der Waals surface area contributed by atoms with E-state index in [0.29, 0.717) is 0 Å². The van der Waals surface area contributed by atoms with Gasteiger partial charge in [-0.05, 0) is 30.9 Å². The number of amides is 2. The van der Waals surface area contributed by atoms with E-state index in [0.717, 1.165) is 16.8 Å². The van der Waals surface area contributed by atoms with Crippen molar-refractivity contribution in [2.24, 2.45) is 5.92 Å². The monoisotopic (exact) mass is 334 g/mol. The molecule has 2 N–H and O–H groups in total. The molecule has 24 heavy (non-hydrogen) atoms. The van der Waals surface area contributed by atoms with Gasteiger partial charge in [0.1, 0.15) is 6.04 Å². The molecule has 1 aliphatic heterocycles. The summed E-state index contributed by atoms with van der Waals surface area (Å²) in [5, 5.41) is 12.8. The van der Waals surface area contributed by atoms with Crippen molar-refractivity contribution in [3.05, 3.63) is 29.3 Å². The van der Waals surface area contributed by atoms with Gasteiger partial charge in [-0.2, -0.15) is 0 Å². The number of anilines is 1. The second-order valence-corrected chi connectivity index (χ2v) is 6.78. The maximum Gasteiger partial charge on any atom is 0.410 e. The summed E-state index contributed by atoms with van der Waals surface area (Å²) >= 11 is 0. The molecule has 1 aromatic rings. The molecule has 1 saturated heterocycles. The Balaban J connectivity index is 2.10. The molecular weight excluding hydrogens is 308 g/mol. The molecule has 2 amide bonds. The van der Waals surface area contributed by atoms with Crippen LogP contribution in [0.4, 0.5) is 10.5 Å². The standard InChI is InChI=1S/C18H26N2O4/c1-11(2)10-24-18(23)20-9-14(21)8-15(20)17(22)19-16-12(3)6-5-7-13(16)4/h5-7,11,14-15,21H,8-10H2,1-4H3,(H,19,22)/t14-,15-/m0/s1. The Morgan fingerprint density at radius 2 is 1.96 bits per heavy atom. The van der Waals surface area contributed by atoms with E-state index in [1.54, 1.807) is 0 Å². The minimum absolute atomic E-state index is 0.113. The third-order valence-corrected chi connectivity index (χ3v) is 4.09. The zero-order valence-corrected chi connectivity index (χ0v) is 14.7. The lowest BCUT2D eigenvalue weighted by Crippen LogP contribution is -2.43. The maximum absolute atomic E-state index is 12.6. The maximum atomic E-state index is 12.6. The fourth-order valence-corrected chi connectivity index (χ4v) is 2.80. The van der Waals surface area contributed by atoms with Crippen molar-refractivity contribution in [1.82, 2.24) is 4.90 Å². The van der Waals surface area contributed by atoms with Crippen LogP contribution in [0.15, 0.2) is 18.2 Å². The van der Waals surface area contributed by atoms with Gasteiger partial charge in [0.25, 0.3) is 0 Å². The third kappa shape index (κ3) is 4.26. The number of benzene rings is 1. The molecule has 1 fully saturated rings. The first kappa shape index (κ1) is 18.3. The highest BCUT2D eigenvalue weighted by atomic mass is 16.6. The molecule has 6 nitrogen and oxygen atoms in total. The van der Waals surface area contributed by atoms with Gasteiger partial charge in [0.15, 0.2) is 0 Å². The second kappa shape index (κ2) is 7.66. The summed E-state index contributed by atoms with van der Waals surface area (Å²) in [5.74, 6) is -0.0891. The largest absolute Gasteiger partial charge is 0.449 e. The fourth-order valence-electron chi connectivity index (χ4n) is 2.80. The fraction of sp³-hybridized carbons (Fsp3) is 0.556. The summed E-state index contributed by atoms with van der Waals surface area (Å²) in [7, 11) is 0. The van der Waals surface area contributed by atoms with Crippen LogP contribution in [0.3, 0.4) is 0 Å². The van der Waals surface area contributed by atoms with Crippen LogP contribution in [-0.2, 0) is 9.53 Å². The number of para-hydroxylation sites is 1. The minimum Gasteiger partial charge on any atom is -0.449 e. The van der Waals surface area contributed by atoms with Crippen LogP contribution in [0.5, 0.6) is 0 Å². The van der Waals surface area contributed by atoms with Crippen molar-refractivity contribution in [2.75, 3.05) is 18.5 Å². The lowest BCUT2D eigenvalue weighted by molar-refractivity contribution is -0.120. The number of hydrogen-bond donors (Lipinski definition) is 2. The lowest BCUT2D eigenvalue weighted by atomic mass is 10.1. The highest BCUT2D eigenvalue weighted by Crippen LogP contribution is 2.24. The summed E-state index contributed by atoms with van der Waals surface area (Å²) in [5.41, 5.74) is 2.66. The van der Waals surface area contributed by atoms with Crippen molar-refractivity contribution >= 4 is 17.7 Å². The molecule has 0 saturated carbocycles. The number of ether oxygens (including phenoxy) is 1. The van der Waals surface area contributed by atoms with Crippen molar-refractivity contribution in [2.45, 2.75) is 46.3 Å². The van der Waals surface area contributed by atoms with Crippen LogP contribution in [-0.4, -0.2) is 47.3 Å². The first-order valence-corrected chi connectivity index (χ1v) is 8.28. The number of aliphatic hydroxyl groups excluding tert-OH is 1. The molecule has 0 aliphatic carbocycles. The van der Waals surface area contributed by atoms with E-state index in [1.807, 2.05) is 45.9 Å². The molecule has 0 aromatic heterocycles. The Bertz CT molecular complexity index is 595. The molecule has 0 radical (unpaired) electrons. The smallest absolute Gasteiger partial charge is 0.410 e. The Labute approximate surface area is 142 Å². The van der Waals surface area contributed by atoms with Gasteiger partial charge in [-0.25, -0.2) is 4.79 Å². The number of rotatable bonds is 4. The molecule has 2 atom stereocenters. The quantitative estimate of drug-likeness (QED) is 0.886. The number of aliphatic hydroxyl groups is 1. The Kier molecular flexibility index (Phi) is 5.83. The van der Waals surface area contributed by atoms with E-state index >= 15 is 0 Å². The molecule has 2 rings (SSSR count). The summed E-state index contributed by atoms with van der Waals surface area (Å²) in [6, 6.07) is 5.04. The number of nitrogens with one attached hydrogen (secondary N) is 1. The van der Waals surface area contributed by atoms with Gasteiger partial charge in [0.2, 0.25) is 5.91 Å². The molecule has 132 valence electrons. The zero-order chi connectivity index (χ0) is 17.9. The van der Waals surface area contributed by atoms with Crippen LogP contribution in [0.1, 0.15) is 31.4 Å². The highest BCUT2D eigenvalue weighted by Gasteiger charge is 2.40. The number of aryl methyl sites for hydroxylation is 2. The third-order valence-electron chi connectivity index (χ3n) is 4.09. The van der Waals surface area contributed by atoms with E-state index in [9.17, 15) is 14.7 Å². The number of likely N-dealkylation sites (tertiary alicyclic amines) is 1. The molecule has 1 heterocycles. The van der Waals surface area contributed by atoms with Crippen molar-refractivity contribution in [1.29, 1.82) is 0 Å². The van der Waals surface area contributed by atoms with Crippen LogP contribution in [0, 0.1) is 19.8 Å². The minimum atomic E-state index is -0.723. The van der Waals surface area contributed by atoms with E-state index in [2.05, 4.69) is 5.32 Å². The molecule has 1 aromatic carbocycles. The molecule has 6 heteroatoms. The SMILES string of the molecule is Cc1cccc(C)c1NC(=O)[C@@H]1C[C@H](O)CN1C(=O)OCC(C)C. The summed E-state index contributed by atoms with van der Waals surface area (Å²) in [4.78, 5) is 26.2. The summed E-state index contributed by atoms with van der Waals surface area (Å²) < 4.78 is 5.21. The topological polar surface area (TPSA) is 78.9 Å². The van der Waals surface area contributed by atoms with E-state index in [1.165, 1.54) is 4.90 Å². The zero-order valence-electron chi connectivity index (χ0n) is 14.7. The molecule has 0 spiro atoms. The Morgan fingerprint density at radius 1 is 1.33 bits per heavy atom. The van der Waals surface area contributed by atoms with E-state index in [-0.39, 0.29) is 31.4 Å². The van der Waals surface area contributed by atoms with Gasteiger partial charge in [0, 0.05) is 12.1 Å². The normalized spacial score (nSPS) is 20.3. The van der Waals surface area contributed by atoms with Gasteiger partial charge in [-0.1, -0.05) is 32.0 Å². The number of carbonyl (C=O) groups is 2. The number of nitrogens with zero attached hydrogens (tertiary/aromatic N) is 1. The number of hydrogen-bond acceptors (Lipinski definition) is 4. The first-order chi connectivity index (χ1) is 11.3. The van der Waals surface area contributed by atoms with Gasteiger partial charge in [0.05, 0.1) is 19.3 Å². The number of carbonyl (C=O) groups excluding carboxylic acids is 2. The van der Waals surface area contributed by atoms with E-state index < -0.39 is 18.2 Å². The summed E-state index contributed by atoms with van der Waals surface area (Å²) in [6.07, 6.45) is -1.06. The average Bonchev–Trinajstić information content (AvgIpc) is 2.90. The average molecular weight is 334 g/mol. The van der Waals surface area contributed by atoms with Crippen LogP contribution < -0.4 is 5.32 Å². The van der Waals surface area contributed by atoms with Gasteiger partial charge in [-0.15, -0.1) is 0 Å². The van der Waals surface area contributed by atoms with Gasteiger partial charge >= 0.3 is 6.09 Å². The van der Waals surface area contributed by atoms with Crippen LogP contribution in [0.25, 0.3) is 0 Å².